The molecule has 4 aromatic rings. The van der Waals surface area contributed by atoms with Gasteiger partial charge in [-0.3, -0.25) is 9.59 Å². The van der Waals surface area contributed by atoms with E-state index in [2.05, 4.69) is 15.2 Å². The number of carbonyl (C=O) groups excluding carboxylic acids is 2. The number of halogens is 1. The number of nitrogens with one attached hydrogen (secondary N) is 1. The Hall–Kier alpha value is -4.08. The number of rotatable bonds is 9. The van der Waals surface area contributed by atoms with E-state index in [1.54, 1.807) is 32.5 Å². The molecule has 0 radical (unpaired) electrons. The number of nitrogens with zero attached hydrogens (tertiary/aromatic N) is 3. The number of ether oxygens (including phenoxy) is 2. The highest BCUT2D eigenvalue weighted by Gasteiger charge is 2.26. The van der Waals surface area contributed by atoms with Crippen molar-refractivity contribution in [3.05, 3.63) is 94.0 Å². The van der Waals surface area contributed by atoms with Gasteiger partial charge in [0.25, 0.3) is 11.8 Å². The van der Waals surface area contributed by atoms with Gasteiger partial charge in [-0.15, -0.1) is 11.3 Å². The van der Waals surface area contributed by atoms with E-state index in [9.17, 15) is 9.59 Å². The molecule has 5 rings (SSSR count). The quantitative estimate of drug-likeness (QED) is 0.280. The molecular weight excluding hydrogens is 560 g/mol. The summed E-state index contributed by atoms with van der Waals surface area (Å²) in [4.78, 5) is 36.5. The fraction of sp³-hybridized carbons (Fsp3) is 0.258. The molecule has 2 aromatic heterocycles. The third-order valence-electron chi connectivity index (χ3n) is 6.97. The molecule has 1 aliphatic rings. The third-order valence-corrected chi connectivity index (χ3v) is 8.33. The monoisotopic (exact) mass is 590 g/mol. The zero-order chi connectivity index (χ0) is 28.8. The lowest BCUT2D eigenvalue weighted by molar-refractivity contribution is 0.0750. The molecule has 1 fully saturated rings. The molecule has 10 heteroatoms. The maximum atomic E-state index is 13.2. The summed E-state index contributed by atoms with van der Waals surface area (Å²) in [6, 6.07) is 20.7. The molecule has 0 aliphatic carbocycles. The Morgan fingerprint density at radius 3 is 2.51 bits per heavy atom. The van der Waals surface area contributed by atoms with Crippen LogP contribution < -0.4 is 19.7 Å². The van der Waals surface area contributed by atoms with E-state index in [0.717, 1.165) is 16.0 Å². The average molecular weight is 591 g/mol. The summed E-state index contributed by atoms with van der Waals surface area (Å²) in [6.45, 7) is 2.71. The van der Waals surface area contributed by atoms with Crippen LogP contribution in [0.15, 0.2) is 72.9 Å². The minimum atomic E-state index is -0.181. The van der Waals surface area contributed by atoms with Crippen LogP contribution in [0, 0.1) is 0 Å². The molecule has 0 unspecified atom stereocenters. The van der Waals surface area contributed by atoms with E-state index in [-0.39, 0.29) is 11.8 Å². The summed E-state index contributed by atoms with van der Waals surface area (Å²) in [6.07, 6.45) is 2.33. The Morgan fingerprint density at radius 2 is 1.76 bits per heavy atom. The van der Waals surface area contributed by atoms with Crippen molar-refractivity contribution >= 4 is 40.6 Å². The molecule has 1 N–H and O–H groups in total. The second kappa shape index (κ2) is 13.1. The number of methoxy groups -OCH3 is 2. The molecule has 0 spiro atoms. The lowest BCUT2D eigenvalue weighted by Crippen LogP contribution is -2.49. The SMILES string of the molecule is COc1ccc(CCNC(=O)c2cccnc2N2CCN(C(=O)c3ccc(-c4cccc(Cl)c4)s3)CC2)cc1OC. The van der Waals surface area contributed by atoms with Gasteiger partial charge in [-0.05, 0) is 66.1 Å². The number of benzene rings is 2. The maximum absolute atomic E-state index is 13.2. The number of carbonyl (C=O) groups is 2. The van der Waals surface area contributed by atoms with Crippen molar-refractivity contribution in [1.82, 2.24) is 15.2 Å². The van der Waals surface area contributed by atoms with Gasteiger partial charge in [-0.2, -0.15) is 0 Å². The molecule has 8 nitrogen and oxygen atoms in total. The number of thiophene rings is 1. The highest BCUT2D eigenvalue weighted by Crippen LogP contribution is 2.31. The molecule has 41 heavy (non-hydrogen) atoms. The minimum Gasteiger partial charge on any atom is -0.493 e. The first kappa shape index (κ1) is 28.4. The Kier molecular flexibility index (Phi) is 9.06. The van der Waals surface area contributed by atoms with Gasteiger partial charge in [0.1, 0.15) is 5.82 Å². The van der Waals surface area contributed by atoms with Crippen LogP contribution >= 0.6 is 22.9 Å². The summed E-state index contributed by atoms with van der Waals surface area (Å²) in [5.41, 5.74) is 2.54. The smallest absolute Gasteiger partial charge is 0.264 e. The minimum absolute atomic E-state index is 0.0112. The van der Waals surface area contributed by atoms with Crippen LogP contribution in [-0.2, 0) is 6.42 Å². The number of pyridine rings is 1. The van der Waals surface area contributed by atoms with E-state index < -0.39 is 0 Å². The topological polar surface area (TPSA) is 84.0 Å². The fourth-order valence-corrected chi connectivity index (χ4v) is 5.97. The van der Waals surface area contributed by atoms with E-state index in [1.165, 1.54) is 11.3 Å². The van der Waals surface area contributed by atoms with Crippen LogP contribution in [0.2, 0.25) is 5.02 Å². The van der Waals surface area contributed by atoms with Crippen LogP contribution in [0.4, 0.5) is 5.82 Å². The molecule has 0 atom stereocenters. The van der Waals surface area contributed by atoms with Crippen LogP contribution in [-0.4, -0.2) is 68.6 Å². The van der Waals surface area contributed by atoms with Crippen LogP contribution in [0.5, 0.6) is 11.5 Å². The summed E-state index contributed by atoms with van der Waals surface area (Å²) in [7, 11) is 3.20. The number of hydrogen-bond donors (Lipinski definition) is 1. The zero-order valence-corrected chi connectivity index (χ0v) is 24.5. The lowest BCUT2D eigenvalue weighted by Gasteiger charge is -2.35. The third kappa shape index (κ3) is 6.64. The van der Waals surface area contributed by atoms with Crippen molar-refractivity contribution in [2.24, 2.45) is 0 Å². The second-order valence-electron chi connectivity index (χ2n) is 9.52. The standard InChI is InChI=1S/C31H31ClN4O4S/c1-39-25-9-8-21(19-26(25)40-2)12-14-34-30(37)24-7-4-13-33-29(24)35-15-17-36(18-16-35)31(38)28-11-10-27(41-28)22-5-3-6-23(32)20-22/h3-11,13,19-20H,12,14-18H2,1-2H3,(H,34,37). The van der Waals surface area contributed by atoms with E-state index in [4.69, 9.17) is 21.1 Å². The summed E-state index contributed by atoms with van der Waals surface area (Å²) < 4.78 is 10.7. The zero-order valence-electron chi connectivity index (χ0n) is 22.9. The highest BCUT2D eigenvalue weighted by atomic mass is 35.5. The molecular formula is C31H31ClN4O4S. The van der Waals surface area contributed by atoms with Gasteiger partial charge in [-0.1, -0.05) is 29.8 Å². The van der Waals surface area contributed by atoms with Crippen molar-refractivity contribution in [3.8, 4) is 21.9 Å². The van der Waals surface area contributed by atoms with Crippen molar-refractivity contribution in [3.63, 3.8) is 0 Å². The summed E-state index contributed by atoms with van der Waals surface area (Å²) in [5, 5.41) is 3.68. The maximum Gasteiger partial charge on any atom is 0.264 e. The predicted molar refractivity (Wildman–Crippen MR) is 163 cm³/mol. The van der Waals surface area contributed by atoms with Crippen molar-refractivity contribution in [2.45, 2.75) is 6.42 Å². The van der Waals surface area contributed by atoms with Gasteiger partial charge in [0.15, 0.2) is 11.5 Å². The van der Waals surface area contributed by atoms with Gasteiger partial charge in [0, 0.05) is 48.8 Å². The fourth-order valence-electron chi connectivity index (χ4n) is 4.80. The van der Waals surface area contributed by atoms with Crippen molar-refractivity contribution in [2.75, 3.05) is 51.8 Å². The number of anilines is 1. The molecule has 2 amide bonds. The molecule has 1 aliphatic heterocycles. The average Bonchev–Trinajstić information content (AvgIpc) is 3.51. The summed E-state index contributed by atoms with van der Waals surface area (Å²) in [5.74, 6) is 1.78. The molecule has 2 aromatic carbocycles. The number of piperazine rings is 1. The normalized spacial score (nSPS) is 13.1. The molecule has 0 bridgehead atoms. The van der Waals surface area contributed by atoms with Crippen molar-refractivity contribution < 1.29 is 19.1 Å². The Bertz CT molecular complexity index is 1530. The Morgan fingerprint density at radius 1 is 0.951 bits per heavy atom. The highest BCUT2D eigenvalue weighted by molar-refractivity contribution is 7.17. The lowest BCUT2D eigenvalue weighted by atomic mass is 10.1. The van der Waals surface area contributed by atoms with Gasteiger partial charge in [-0.25, -0.2) is 4.98 Å². The number of amides is 2. The van der Waals surface area contributed by atoms with Gasteiger partial charge >= 0.3 is 0 Å². The largest absolute Gasteiger partial charge is 0.493 e. The van der Waals surface area contributed by atoms with Crippen LogP contribution in [0.1, 0.15) is 25.6 Å². The molecule has 1 saturated heterocycles. The molecule has 3 heterocycles. The molecule has 212 valence electrons. The number of aromatic nitrogens is 1. The second-order valence-corrected chi connectivity index (χ2v) is 11.0. The van der Waals surface area contributed by atoms with E-state index in [0.29, 0.717) is 71.9 Å². The van der Waals surface area contributed by atoms with Crippen LogP contribution in [0.25, 0.3) is 10.4 Å². The summed E-state index contributed by atoms with van der Waals surface area (Å²) >= 11 is 7.60. The van der Waals surface area contributed by atoms with Gasteiger partial charge in [0.05, 0.1) is 24.7 Å². The number of hydrogen-bond acceptors (Lipinski definition) is 7. The Balaban J connectivity index is 1.18. The molecule has 0 saturated carbocycles. The van der Waals surface area contributed by atoms with Crippen LogP contribution in [0.3, 0.4) is 0 Å². The first-order valence-electron chi connectivity index (χ1n) is 13.3. The first-order valence-corrected chi connectivity index (χ1v) is 14.5. The Labute approximate surface area is 248 Å². The van der Waals surface area contributed by atoms with Crippen molar-refractivity contribution in [1.29, 1.82) is 0 Å². The van der Waals surface area contributed by atoms with E-state index >= 15 is 0 Å². The predicted octanol–water partition coefficient (Wildman–Crippen LogP) is 5.42. The van der Waals surface area contributed by atoms with E-state index in [1.807, 2.05) is 59.5 Å². The first-order chi connectivity index (χ1) is 20.0. The van der Waals surface area contributed by atoms with Gasteiger partial charge in [0.2, 0.25) is 0 Å². The van der Waals surface area contributed by atoms with Gasteiger partial charge < -0.3 is 24.6 Å².